The molecule has 30 heavy (non-hydrogen) atoms. The van der Waals surface area contributed by atoms with Gasteiger partial charge in [-0.05, 0) is 44.9 Å². The number of nitrogens with one attached hydrogen (secondary N) is 1. The van der Waals surface area contributed by atoms with Crippen LogP contribution in [0.25, 0.3) is 0 Å². The van der Waals surface area contributed by atoms with Gasteiger partial charge in [0.2, 0.25) is 5.16 Å². The van der Waals surface area contributed by atoms with E-state index in [-0.39, 0.29) is 11.9 Å². The van der Waals surface area contributed by atoms with Crippen molar-refractivity contribution in [1.82, 2.24) is 19.7 Å². The molecule has 0 bridgehead atoms. The third-order valence-corrected chi connectivity index (χ3v) is 6.45. The van der Waals surface area contributed by atoms with Crippen molar-refractivity contribution in [2.24, 2.45) is 0 Å². The van der Waals surface area contributed by atoms with E-state index < -0.39 is 0 Å². The number of H-pyrrole nitrogens is 1. The maximum atomic E-state index is 12.9. The van der Waals surface area contributed by atoms with Gasteiger partial charge in [0.25, 0.3) is 0 Å². The molecule has 2 aromatic heterocycles. The van der Waals surface area contributed by atoms with E-state index in [1.54, 1.807) is 0 Å². The highest BCUT2D eigenvalue weighted by Gasteiger charge is 2.27. The van der Waals surface area contributed by atoms with E-state index in [1.807, 2.05) is 44.2 Å². The van der Waals surface area contributed by atoms with Gasteiger partial charge in [-0.1, -0.05) is 23.9 Å². The molecule has 0 radical (unpaired) electrons. The van der Waals surface area contributed by atoms with Gasteiger partial charge < -0.3 is 14.0 Å². The first-order valence-corrected chi connectivity index (χ1v) is 11.2. The lowest BCUT2D eigenvalue weighted by molar-refractivity contribution is 0.0777. The summed E-state index contributed by atoms with van der Waals surface area (Å²) in [5.74, 6) is 3.42. The highest BCUT2D eigenvalue weighted by atomic mass is 32.2. The van der Waals surface area contributed by atoms with Crippen LogP contribution < -0.4 is 9.47 Å². The molecule has 0 amide bonds. The highest BCUT2D eigenvalue weighted by Crippen LogP contribution is 2.38. The van der Waals surface area contributed by atoms with E-state index in [1.165, 1.54) is 24.6 Å². The second-order valence-corrected chi connectivity index (χ2v) is 8.82. The molecular formula is C22H24N4O3S. The minimum atomic E-state index is -0.101. The normalized spacial score (nSPS) is 17.9. The lowest BCUT2D eigenvalue weighted by Gasteiger charge is -2.27. The number of fused-ring (bicyclic) bond motifs is 1. The largest absolute Gasteiger partial charge is 0.486 e. The second-order valence-electron chi connectivity index (χ2n) is 7.88. The van der Waals surface area contributed by atoms with E-state index in [0.717, 1.165) is 34.3 Å². The van der Waals surface area contributed by atoms with Crippen LogP contribution in [0.5, 0.6) is 11.5 Å². The standard InChI is InChI=1S/C22H24N4O3S/c1-13-9-17(18(27)12-30-22-23-21(24-25-22)15-7-8-15)14(2)26(13)10-16-11-28-19-5-3-4-6-20(19)29-16/h3-6,9,15-16H,7-8,10-12H2,1-2H3,(H,23,24,25). The zero-order valence-electron chi connectivity index (χ0n) is 17.1. The Balaban J connectivity index is 1.24. The first-order valence-electron chi connectivity index (χ1n) is 10.2. The number of rotatable bonds is 7. The molecule has 5 rings (SSSR count). The monoisotopic (exact) mass is 424 g/mol. The molecule has 3 heterocycles. The summed E-state index contributed by atoms with van der Waals surface area (Å²) in [6.07, 6.45) is 2.24. The molecule has 1 aliphatic heterocycles. The van der Waals surface area contributed by atoms with Crippen LogP contribution in [0.1, 0.15) is 46.3 Å². The Bertz CT molecular complexity index is 1090. The molecule has 0 spiro atoms. The Hall–Kier alpha value is -2.74. The summed E-state index contributed by atoms with van der Waals surface area (Å²) in [5.41, 5.74) is 2.74. The van der Waals surface area contributed by atoms with Crippen LogP contribution >= 0.6 is 11.8 Å². The molecule has 8 heteroatoms. The lowest BCUT2D eigenvalue weighted by Crippen LogP contribution is -2.33. The van der Waals surface area contributed by atoms with Gasteiger partial charge in [0.1, 0.15) is 12.4 Å². The Labute approximate surface area is 179 Å². The molecule has 1 aliphatic carbocycles. The molecule has 156 valence electrons. The van der Waals surface area contributed by atoms with E-state index in [2.05, 4.69) is 19.7 Å². The fourth-order valence-electron chi connectivity index (χ4n) is 3.79. The Morgan fingerprint density at radius 2 is 2.07 bits per heavy atom. The number of aromatic amines is 1. The van der Waals surface area contributed by atoms with Crippen LogP contribution in [0.15, 0.2) is 35.5 Å². The van der Waals surface area contributed by atoms with Crippen LogP contribution in [0.2, 0.25) is 0 Å². The quantitative estimate of drug-likeness (QED) is 0.457. The van der Waals surface area contributed by atoms with Crippen molar-refractivity contribution in [3.05, 3.63) is 53.1 Å². The van der Waals surface area contributed by atoms with Gasteiger partial charge in [0.05, 0.1) is 12.3 Å². The smallest absolute Gasteiger partial charge is 0.208 e. The minimum Gasteiger partial charge on any atom is -0.486 e. The van der Waals surface area contributed by atoms with Crippen LogP contribution in [-0.4, -0.2) is 44.0 Å². The van der Waals surface area contributed by atoms with Gasteiger partial charge in [0.15, 0.2) is 23.4 Å². The van der Waals surface area contributed by atoms with Crippen molar-refractivity contribution in [2.75, 3.05) is 12.4 Å². The summed E-state index contributed by atoms with van der Waals surface area (Å²) in [6, 6.07) is 9.66. The number of carbonyl (C=O) groups excluding carboxylic acids is 1. The van der Waals surface area contributed by atoms with Crippen molar-refractivity contribution < 1.29 is 14.3 Å². The summed E-state index contributed by atoms with van der Waals surface area (Å²) < 4.78 is 14.1. The van der Waals surface area contributed by atoms with Crippen molar-refractivity contribution in [2.45, 2.75) is 50.4 Å². The molecule has 1 N–H and O–H groups in total. The number of benzene rings is 1. The number of ketones is 1. The number of hydrogen-bond acceptors (Lipinski definition) is 6. The van der Waals surface area contributed by atoms with Crippen LogP contribution in [-0.2, 0) is 6.54 Å². The molecule has 2 aliphatic rings. The van der Waals surface area contributed by atoms with Crippen LogP contribution in [0, 0.1) is 13.8 Å². The Morgan fingerprint density at radius 1 is 1.27 bits per heavy atom. The number of Topliss-reactive ketones (excluding diaryl/α,β-unsaturated/α-hetero) is 1. The third-order valence-electron chi connectivity index (χ3n) is 5.61. The number of aromatic nitrogens is 4. The minimum absolute atomic E-state index is 0.0864. The second kappa shape index (κ2) is 7.83. The number of aryl methyl sites for hydroxylation is 1. The van der Waals surface area contributed by atoms with Gasteiger partial charge >= 0.3 is 0 Å². The van der Waals surface area contributed by atoms with E-state index in [0.29, 0.717) is 30.0 Å². The van der Waals surface area contributed by atoms with Gasteiger partial charge in [-0.3, -0.25) is 9.89 Å². The van der Waals surface area contributed by atoms with Gasteiger partial charge in [-0.15, -0.1) is 5.10 Å². The number of para-hydroxylation sites is 2. The van der Waals surface area contributed by atoms with Crippen molar-refractivity contribution >= 4 is 17.5 Å². The maximum absolute atomic E-state index is 12.9. The predicted octanol–water partition coefficient (Wildman–Crippen LogP) is 3.92. The summed E-state index contributed by atoms with van der Waals surface area (Å²) in [7, 11) is 0. The van der Waals surface area contributed by atoms with E-state index in [9.17, 15) is 4.79 Å². The molecule has 1 fully saturated rings. The van der Waals surface area contributed by atoms with Crippen molar-refractivity contribution in [1.29, 1.82) is 0 Å². The zero-order chi connectivity index (χ0) is 20.7. The summed E-state index contributed by atoms with van der Waals surface area (Å²) in [6.45, 7) is 5.13. The number of nitrogens with zero attached hydrogens (tertiary/aromatic N) is 3. The van der Waals surface area contributed by atoms with Crippen molar-refractivity contribution in [3.8, 4) is 11.5 Å². The zero-order valence-corrected chi connectivity index (χ0v) is 17.9. The van der Waals surface area contributed by atoms with Gasteiger partial charge in [0, 0.05) is 22.9 Å². The average Bonchev–Trinajstić information content (AvgIpc) is 3.44. The highest BCUT2D eigenvalue weighted by molar-refractivity contribution is 7.99. The van der Waals surface area contributed by atoms with Crippen LogP contribution in [0.4, 0.5) is 0 Å². The molecule has 1 saturated carbocycles. The number of hydrogen-bond donors (Lipinski definition) is 1. The lowest BCUT2D eigenvalue weighted by atomic mass is 10.2. The summed E-state index contributed by atoms with van der Waals surface area (Å²) in [4.78, 5) is 17.3. The fourth-order valence-corrected chi connectivity index (χ4v) is 4.48. The van der Waals surface area contributed by atoms with E-state index >= 15 is 0 Å². The molecule has 3 aromatic rings. The van der Waals surface area contributed by atoms with Crippen LogP contribution in [0.3, 0.4) is 0 Å². The third kappa shape index (κ3) is 3.84. The number of carbonyl (C=O) groups is 1. The maximum Gasteiger partial charge on any atom is 0.208 e. The topological polar surface area (TPSA) is 82.0 Å². The summed E-state index contributed by atoms with van der Waals surface area (Å²) >= 11 is 1.38. The Morgan fingerprint density at radius 3 is 2.87 bits per heavy atom. The predicted molar refractivity (Wildman–Crippen MR) is 114 cm³/mol. The summed E-state index contributed by atoms with van der Waals surface area (Å²) in [5, 5.41) is 7.85. The molecule has 0 saturated heterocycles. The molecule has 7 nitrogen and oxygen atoms in total. The van der Waals surface area contributed by atoms with Gasteiger partial charge in [-0.25, -0.2) is 4.98 Å². The van der Waals surface area contributed by atoms with E-state index in [4.69, 9.17) is 9.47 Å². The average molecular weight is 425 g/mol. The number of thioether (sulfide) groups is 1. The van der Waals surface area contributed by atoms with Crippen molar-refractivity contribution in [3.63, 3.8) is 0 Å². The fraction of sp³-hybridized carbons (Fsp3) is 0.409. The number of ether oxygens (including phenoxy) is 2. The molecular weight excluding hydrogens is 400 g/mol. The first-order chi connectivity index (χ1) is 14.6. The first kappa shape index (κ1) is 19.2. The SMILES string of the molecule is Cc1cc(C(=O)CSc2n[nH]c(C3CC3)n2)c(C)n1CC1COc2ccccc2O1. The molecule has 1 aromatic carbocycles. The molecule has 1 atom stereocenters. The van der Waals surface area contributed by atoms with Gasteiger partial charge in [-0.2, -0.15) is 0 Å². The molecule has 1 unspecified atom stereocenters. The Kier molecular flexibility index (Phi) is 5.02.